The van der Waals surface area contributed by atoms with Gasteiger partial charge in [0, 0.05) is 40.8 Å². The minimum atomic E-state index is -0.791. The number of esters is 1. The maximum absolute atomic E-state index is 13.3. The number of thioether (sulfide) groups is 1. The zero-order valence-corrected chi connectivity index (χ0v) is 31.2. The van der Waals surface area contributed by atoms with Crippen molar-refractivity contribution < 1.29 is 38.2 Å². The van der Waals surface area contributed by atoms with Crippen LogP contribution in [0.1, 0.15) is 49.8 Å². The van der Waals surface area contributed by atoms with Crippen LogP contribution in [0.15, 0.2) is 71.6 Å². The molecule has 3 aliphatic heterocycles. The molecule has 3 amide bonds. The number of benzene rings is 2. The molecule has 13 nitrogen and oxygen atoms in total. The highest BCUT2D eigenvalue weighted by atomic mass is 32.2. The fourth-order valence-electron chi connectivity index (χ4n) is 7.95. The van der Waals surface area contributed by atoms with Gasteiger partial charge in [-0.05, 0) is 75.6 Å². The average Bonchev–Trinajstić information content (AvgIpc) is 3.63. The first-order valence-corrected chi connectivity index (χ1v) is 18.8. The molecule has 2 aromatic carbocycles. The van der Waals surface area contributed by atoms with Crippen LogP contribution in [0.25, 0.3) is 0 Å². The van der Waals surface area contributed by atoms with E-state index in [1.807, 2.05) is 45.1 Å². The van der Waals surface area contributed by atoms with Crippen LogP contribution in [0.5, 0.6) is 5.75 Å². The van der Waals surface area contributed by atoms with Crippen molar-refractivity contribution >= 4 is 46.9 Å². The molecule has 53 heavy (non-hydrogen) atoms. The molecule has 7 rings (SSSR count). The van der Waals surface area contributed by atoms with Gasteiger partial charge in [-0.3, -0.25) is 14.4 Å². The number of fused-ring (bicyclic) bond motifs is 6. The Balaban J connectivity index is 0.969. The number of carbonyl (C=O) groups is 4. The Kier molecular flexibility index (Phi) is 10.2. The SMILES string of the molecule is CCNC(=O)CO/N=C1/CC2c3cc(C)ccc3NC2C2C=CC(OCC(=O)NC3C(=O)N4C3SC(C)(C)C4C(=O)OCc3ccc(OC)cc3)=CC12. The number of allylic oxidation sites excluding steroid dienone is 2. The van der Waals surface area contributed by atoms with Crippen molar-refractivity contribution in [1.82, 2.24) is 15.5 Å². The molecule has 2 aromatic rings. The van der Waals surface area contributed by atoms with Gasteiger partial charge in [-0.25, -0.2) is 4.79 Å². The van der Waals surface area contributed by atoms with E-state index in [0.717, 1.165) is 17.0 Å². The van der Waals surface area contributed by atoms with E-state index < -0.39 is 34.1 Å². The maximum Gasteiger partial charge on any atom is 0.330 e. The minimum absolute atomic E-state index is 0.0339. The van der Waals surface area contributed by atoms with Crippen LogP contribution in [0.3, 0.4) is 0 Å². The van der Waals surface area contributed by atoms with E-state index in [1.54, 1.807) is 19.2 Å². The van der Waals surface area contributed by atoms with E-state index >= 15 is 0 Å². The lowest BCUT2D eigenvalue weighted by molar-refractivity contribution is -0.165. The molecule has 14 heteroatoms. The lowest BCUT2D eigenvalue weighted by Gasteiger charge is -2.43. The van der Waals surface area contributed by atoms with Crippen LogP contribution in [-0.4, -0.2) is 89.4 Å². The van der Waals surface area contributed by atoms with E-state index in [4.69, 9.17) is 19.0 Å². The zero-order valence-electron chi connectivity index (χ0n) is 30.4. The van der Waals surface area contributed by atoms with Crippen LogP contribution in [0, 0.1) is 18.8 Å². The number of hydrogen-bond donors (Lipinski definition) is 3. The Labute approximate surface area is 312 Å². The summed E-state index contributed by atoms with van der Waals surface area (Å²) < 4.78 is 16.2. The number of nitrogens with one attached hydrogen (secondary N) is 3. The van der Waals surface area contributed by atoms with Gasteiger partial charge in [0.15, 0.2) is 13.2 Å². The molecule has 7 unspecified atom stereocenters. The summed E-state index contributed by atoms with van der Waals surface area (Å²) in [6, 6.07) is 12.2. The first-order chi connectivity index (χ1) is 25.5. The van der Waals surface area contributed by atoms with E-state index in [9.17, 15) is 19.2 Å². The van der Waals surface area contributed by atoms with Gasteiger partial charge in [-0.1, -0.05) is 41.1 Å². The quantitative estimate of drug-likeness (QED) is 0.166. The number of β-lactam (4-membered cyclic amide) rings is 1. The third-order valence-corrected chi connectivity index (χ3v) is 12.0. The number of anilines is 1. The Morgan fingerprint density at radius 2 is 1.89 bits per heavy atom. The summed E-state index contributed by atoms with van der Waals surface area (Å²) in [6.45, 7) is 7.81. The third kappa shape index (κ3) is 7.20. The van der Waals surface area contributed by atoms with Crippen molar-refractivity contribution in [2.24, 2.45) is 17.0 Å². The Morgan fingerprint density at radius 1 is 1.09 bits per heavy atom. The molecule has 0 radical (unpaired) electrons. The lowest BCUT2D eigenvalue weighted by Crippen LogP contribution is -2.71. The number of hydrogen-bond acceptors (Lipinski definition) is 11. The summed E-state index contributed by atoms with van der Waals surface area (Å²) in [5.74, 6) is -0.289. The largest absolute Gasteiger partial charge is 0.497 e. The predicted octanol–water partition coefficient (Wildman–Crippen LogP) is 3.79. The van der Waals surface area contributed by atoms with Gasteiger partial charge in [0.05, 0.1) is 12.8 Å². The average molecular weight is 744 g/mol. The van der Waals surface area contributed by atoms with E-state index in [-0.39, 0.29) is 55.4 Å². The van der Waals surface area contributed by atoms with Crippen molar-refractivity contribution in [2.75, 3.05) is 32.2 Å². The van der Waals surface area contributed by atoms with E-state index in [0.29, 0.717) is 24.5 Å². The summed E-state index contributed by atoms with van der Waals surface area (Å²) in [5, 5.41) is 13.3. The molecule has 0 bridgehead atoms. The number of aryl methyl sites for hydroxylation is 1. The topological polar surface area (TPSA) is 157 Å². The monoisotopic (exact) mass is 743 g/mol. The van der Waals surface area contributed by atoms with Gasteiger partial charge in [0.1, 0.15) is 35.6 Å². The number of amides is 3. The van der Waals surface area contributed by atoms with Crippen LogP contribution in [-0.2, 0) is 40.1 Å². The van der Waals surface area contributed by atoms with Crippen LogP contribution < -0.4 is 20.7 Å². The Bertz CT molecular complexity index is 1880. The van der Waals surface area contributed by atoms with Crippen molar-refractivity contribution in [3.05, 3.63) is 83.1 Å². The third-order valence-electron chi connectivity index (χ3n) is 10.5. The molecule has 0 spiro atoms. The summed E-state index contributed by atoms with van der Waals surface area (Å²) in [6.07, 6.45) is 6.53. The fourth-order valence-corrected chi connectivity index (χ4v) is 9.57. The molecule has 2 aliphatic carbocycles. The molecule has 0 aromatic heterocycles. The number of ether oxygens (including phenoxy) is 3. The number of likely N-dealkylation sites (N-methyl/N-ethyl adjacent to an activating group) is 1. The highest BCUT2D eigenvalue weighted by molar-refractivity contribution is 8.01. The molecule has 280 valence electrons. The molecular weight excluding hydrogens is 699 g/mol. The number of carbonyl (C=O) groups excluding carboxylic acids is 4. The van der Waals surface area contributed by atoms with Crippen molar-refractivity contribution in [1.29, 1.82) is 0 Å². The van der Waals surface area contributed by atoms with Gasteiger partial charge in [-0.2, -0.15) is 0 Å². The summed E-state index contributed by atoms with van der Waals surface area (Å²) in [5.41, 5.74) is 5.13. The second-order valence-electron chi connectivity index (χ2n) is 14.5. The van der Waals surface area contributed by atoms with Crippen LogP contribution >= 0.6 is 11.8 Å². The smallest absolute Gasteiger partial charge is 0.330 e. The second kappa shape index (κ2) is 14.8. The Morgan fingerprint density at radius 3 is 2.64 bits per heavy atom. The molecule has 5 aliphatic rings. The molecular formula is C39H45N5O8S. The van der Waals surface area contributed by atoms with Crippen LogP contribution in [0.2, 0.25) is 0 Å². The molecule has 3 heterocycles. The van der Waals surface area contributed by atoms with Crippen molar-refractivity contribution in [2.45, 2.75) is 74.9 Å². The fraction of sp³-hybridized carbons (Fsp3) is 0.462. The molecule has 2 saturated heterocycles. The van der Waals surface area contributed by atoms with Gasteiger partial charge in [-0.15, -0.1) is 11.8 Å². The minimum Gasteiger partial charge on any atom is -0.497 e. The normalized spacial score (nSPS) is 27.9. The number of rotatable bonds is 12. The standard InChI is InChI=1S/C39H45N5O8S/c1-6-40-31(45)20-52-43-30-17-28-26-15-21(2)7-14-29(26)41-33(28)25-13-12-24(16-27(25)30)50-19-32(46)42-34-36(47)44-35(39(3,4)53-37(34)44)38(48)51-18-22-8-10-23(49-5)11-9-22/h7-16,25,27-28,33-35,37,41H,6,17-20H2,1-5H3,(H,40,45)(H,42,46)/b43-30-. The van der Waals surface area contributed by atoms with Gasteiger partial charge in [0.2, 0.25) is 5.91 Å². The first-order valence-electron chi connectivity index (χ1n) is 17.9. The van der Waals surface area contributed by atoms with Crippen molar-refractivity contribution in [3.8, 4) is 5.75 Å². The molecule has 3 N–H and O–H groups in total. The zero-order chi connectivity index (χ0) is 37.4. The number of oxime groups is 1. The van der Waals surface area contributed by atoms with Gasteiger partial charge < -0.3 is 39.9 Å². The summed E-state index contributed by atoms with van der Waals surface area (Å²) >= 11 is 1.46. The maximum atomic E-state index is 13.3. The Hall–Kier alpha value is -4.98. The molecule has 7 atom stereocenters. The summed E-state index contributed by atoms with van der Waals surface area (Å²) in [7, 11) is 1.58. The highest BCUT2D eigenvalue weighted by Crippen LogP contribution is 2.52. The first kappa shape index (κ1) is 36.4. The highest BCUT2D eigenvalue weighted by Gasteiger charge is 2.64. The van der Waals surface area contributed by atoms with E-state index in [2.05, 4.69) is 52.3 Å². The van der Waals surface area contributed by atoms with Gasteiger partial charge >= 0.3 is 5.97 Å². The predicted molar refractivity (Wildman–Crippen MR) is 199 cm³/mol. The summed E-state index contributed by atoms with van der Waals surface area (Å²) in [4.78, 5) is 58.9. The second-order valence-corrected chi connectivity index (χ2v) is 16.2. The molecule has 1 saturated carbocycles. The lowest BCUT2D eigenvalue weighted by atomic mass is 9.67. The van der Waals surface area contributed by atoms with Gasteiger partial charge in [0.25, 0.3) is 11.8 Å². The number of methoxy groups -OCH3 is 1. The van der Waals surface area contributed by atoms with Crippen molar-refractivity contribution in [3.63, 3.8) is 0 Å². The number of nitrogens with zero attached hydrogens (tertiary/aromatic N) is 2. The molecule has 3 fully saturated rings. The van der Waals surface area contributed by atoms with E-state index in [1.165, 1.54) is 27.8 Å². The van der Waals surface area contributed by atoms with Crippen LogP contribution in [0.4, 0.5) is 5.69 Å².